The van der Waals surface area contributed by atoms with Crippen LogP contribution in [0.3, 0.4) is 0 Å². The van der Waals surface area contributed by atoms with Gasteiger partial charge in [-0.2, -0.15) is 0 Å². The number of imidazole rings is 1. The molecule has 2 N–H and O–H groups in total. The molecule has 0 spiro atoms. The fourth-order valence-electron chi connectivity index (χ4n) is 4.09. The van der Waals surface area contributed by atoms with Gasteiger partial charge in [-0.15, -0.1) is 0 Å². The van der Waals surface area contributed by atoms with Gasteiger partial charge in [0.05, 0.1) is 23.9 Å². The van der Waals surface area contributed by atoms with E-state index >= 15 is 0 Å². The Balaban J connectivity index is 1.44. The minimum Gasteiger partial charge on any atom is -0.481 e. The molecule has 0 aliphatic heterocycles. The number of allylic oxidation sites excluding steroid dienone is 2. The Hall–Kier alpha value is -2.96. The molecule has 2 aromatic rings. The molecule has 6 nitrogen and oxygen atoms in total. The van der Waals surface area contributed by atoms with E-state index < -0.39 is 23.6 Å². The molecule has 1 heterocycles. The first-order valence-corrected chi connectivity index (χ1v) is 8.50. The molecule has 2 bridgehead atoms. The van der Waals surface area contributed by atoms with Crippen molar-refractivity contribution in [2.24, 2.45) is 23.7 Å². The number of nitrogens with one attached hydrogen (secondary N) is 1. The molecule has 2 aliphatic carbocycles. The van der Waals surface area contributed by atoms with Crippen molar-refractivity contribution >= 4 is 11.9 Å². The van der Waals surface area contributed by atoms with Gasteiger partial charge in [0.15, 0.2) is 0 Å². The first kappa shape index (κ1) is 16.5. The number of nitrogens with zero attached hydrogens (tertiary/aromatic N) is 2. The summed E-state index contributed by atoms with van der Waals surface area (Å²) < 4.78 is 15.8. The molecule has 26 heavy (non-hydrogen) atoms. The maximum absolute atomic E-state index is 14.3. The Morgan fingerprint density at radius 2 is 2.04 bits per heavy atom. The Morgan fingerprint density at radius 3 is 2.69 bits per heavy atom. The van der Waals surface area contributed by atoms with E-state index in [-0.39, 0.29) is 24.3 Å². The minimum absolute atomic E-state index is 0.0264. The number of fused-ring (bicyclic) bond motifs is 2. The molecule has 7 heteroatoms. The van der Waals surface area contributed by atoms with Crippen LogP contribution < -0.4 is 5.32 Å². The highest BCUT2D eigenvalue weighted by molar-refractivity contribution is 5.86. The average molecular weight is 355 g/mol. The molecule has 1 fully saturated rings. The molecule has 4 atom stereocenters. The third kappa shape index (κ3) is 2.79. The quantitative estimate of drug-likeness (QED) is 0.805. The lowest BCUT2D eigenvalue weighted by Crippen LogP contribution is -2.39. The van der Waals surface area contributed by atoms with Crippen LogP contribution >= 0.6 is 0 Å². The van der Waals surface area contributed by atoms with Crippen molar-refractivity contribution in [1.82, 2.24) is 14.9 Å². The summed E-state index contributed by atoms with van der Waals surface area (Å²) in [6.45, 7) is 0.157. The molecule has 1 aromatic carbocycles. The summed E-state index contributed by atoms with van der Waals surface area (Å²) in [6.07, 6.45) is 9.27. The minimum atomic E-state index is -0.933. The smallest absolute Gasteiger partial charge is 0.307 e. The standard InChI is InChI=1S/C19H18FN3O3/c20-14-7-11(1-4-15(14)23-6-5-21-10-23)9-22-18(24)16-12-2-3-13(8-12)17(16)19(25)26/h1-7,10,12-13,16-17H,8-9H2,(H,22,24)(H,25,26)/t12-,13-,16-,17+/m0/s1. The molecule has 0 radical (unpaired) electrons. The number of carbonyl (C=O) groups excluding carboxylic acids is 1. The molecule has 4 rings (SSSR count). The predicted octanol–water partition coefficient (Wildman–Crippen LogP) is 2.15. The van der Waals surface area contributed by atoms with E-state index in [9.17, 15) is 19.1 Å². The molecular weight excluding hydrogens is 337 g/mol. The molecule has 0 saturated heterocycles. The van der Waals surface area contributed by atoms with Gasteiger partial charge < -0.3 is 15.0 Å². The van der Waals surface area contributed by atoms with Crippen molar-refractivity contribution in [3.05, 3.63) is 60.5 Å². The second-order valence-electron chi connectivity index (χ2n) is 6.81. The Kier molecular flexibility index (Phi) is 4.06. The zero-order chi connectivity index (χ0) is 18.3. The number of hydrogen-bond acceptors (Lipinski definition) is 3. The van der Waals surface area contributed by atoms with E-state index in [0.29, 0.717) is 17.7 Å². The first-order chi connectivity index (χ1) is 12.5. The van der Waals surface area contributed by atoms with Crippen molar-refractivity contribution in [3.63, 3.8) is 0 Å². The topological polar surface area (TPSA) is 84.2 Å². The van der Waals surface area contributed by atoms with Crippen LogP contribution in [-0.2, 0) is 16.1 Å². The SMILES string of the molecule is O=C(NCc1ccc(-n2ccnc2)c(F)c1)[C@@H]1[C@H](C(=O)O)[C@H]2C=C[C@H]1C2. The zero-order valence-corrected chi connectivity index (χ0v) is 13.9. The van der Waals surface area contributed by atoms with Crippen molar-refractivity contribution in [1.29, 1.82) is 0 Å². The van der Waals surface area contributed by atoms with Crippen molar-refractivity contribution in [2.45, 2.75) is 13.0 Å². The Labute approximate surface area is 149 Å². The fourth-order valence-corrected chi connectivity index (χ4v) is 4.09. The second kappa shape index (κ2) is 6.40. The number of carboxylic acids is 1. The van der Waals surface area contributed by atoms with Gasteiger partial charge in [0.25, 0.3) is 0 Å². The molecule has 1 amide bonds. The van der Waals surface area contributed by atoms with E-state index in [1.165, 1.54) is 12.4 Å². The summed E-state index contributed by atoms with van der Waals surface area (Å²) in [6, 6.07) is 4.72. The van der Waals surface area contributed by atoms with Crippen LogP contribution in [0.2, 0.25) is 0 Å². The number of amides is 1. The van der Waals surface area contributed by atoms with Gasteiger partial charge in [-0.05, 0) is 36.0 Å². The van der Waals surface area contributed by atoms with E-state index in [0.717, 1.165) is 0 Å². The Bertz CT molecular complexity index is 878. The average Bonchev–Trinajstić information content (AvgIpc) is 3.35. The van der Waals surface area contributed by atoms with Crippen molar-refractivity contribution < 1.29 is 19.1 Å². The van der Waals surface area contributed by atoms with Crippen LogP contribution in [0.15, 0.2) is 49.1 Å². The number of benzene rings is 1. The number of aromatic nitrogens is 2. The highest BCUT2D eigenvalue weighted by Gasteiger charge is 2.51. The molecule has 0 unspecified atom stereocenters. The lowest BCUT2D eigenvalue weighted by Gasteiger charge is -2.23. The van der Waals surface area contributed by atoms with Crippen LogP contribution in [0, 0.1) is 29.5 Å². The van der Waals surface area contributed by atoms with Crippen LogP contribution in [0.25, 0.3) is 5.69 Å². The number of rotatable bonds is 5. The fraction of sp³-hybridized carbons (Fsp3) is 0.316. The second-order valence-corrected chi connectivity index (χ2v) is 6.81. The normalized spacial score (nSPS) is 26.2. The predicted molar refractivity (Wildman–Crippen MR) is 90.7 cm³/mol. The number of carbonyl (C=O) groups is 2. The summed E-state index contributed by atoms with van der Waals surface area (Å²) in [5.41, 5.74) is 0.993. The Morgan fingerprint density at radius 1 is 1.27 bits per heavy atom. The van der Waals surface area contributed by atoms with Crippen LogP contribution in [0.1, 0.15) is 12.0 Å². The summed E-state index contributed by atoms with van der Waals surface area (Å²) in [7, 11) is 0. The first-order valence-electron chi connectivity index (χ1n) is 8.50. The highest BCUT2D eigenvalue weighted by Crippen LogP contribution is 2.48. The van der Waals surface area contributed by atoms with Gasteiger partial charge >= 0.3 is 5.97 Å². The number of halogens is 1. The van der Waals surface area contributed by atoms with Gasteiger partial charge in [0.1, 0.15) is 5.82 Å². The van der Waals surface area contributed by atoms with Crippen molar-refractivity contribution in [3.8, 4) is 5.69 Å². The summed E-state index contributed by atoms with van der Waals surface area (Å²) in [5.74, 6) is -2.96. The molecule has 1 saturated carbocycles. The lowest BCUT2D eigenvalue weighted by atomic mass is 9.82. The molecule has 1 aromatic heterocycles. The van der Waals surface area contributed by atoms with E-state index in [2.05, 4.69) is 10.3 Å². The number of hydrogen-bond donors (Lipinski definition) is 2. The summed E-state index contributed by atoms with van der Waals surface area (Å²) in [4.78, 5) is 27.9. The van der Waals surface area contributed by atoms with Gasteiger partial charge in [0, 0.05) is 18.9 Å². The third-order valence-electron chi connectivity index (χ3n) is 5.31. The van der Waals surface area contributed by atoms with E-state index in [1.54, 1.807) is 29.1 Å². The third-order valence-corrected chi connectivity index (χ3v) is 5.31. The van der Waals surface area contributed by atoms with Gasteiger partial charge in [-0.3, -0.25) is 9.59 Å². The van der Waals surface area contributed by atoms with Crippen molar-refractivity contribution in [2.75, 3.05) is 0 Å². The monoisotopic (exact) mass is 355 g/mol. The van der Waals surface area contributed by atoms with Gasteiger partial charge in [-0.25, -0.2) is 9.37 Å². The molecular formula is C19H18FN3O3. The summed E-state index contributed by atoms with van der Waals surface area (Å²) in [5, 5.41) is 12.2. The van der Waals surface area contributed by atoms with Crippen LogP contribution in [0.4, 0.5) is 4.39 Å². The van der Waals surface area contributed by atoms with Crippen LogP contribution in [-0.4, -0.2) is 26.5 Å². The van der Waals surface area contributed by atoms with Crippen LogP contribution in [0.5, 0.6) is 0 Å². The maximum Gasteiger partial charge on any atom is 0.307 e. The van der Waals surface area contributed by atoms with Gasteiger partial charge in [0.2, 0.25) is 5.91 Å². The maximum atomic E-state index is 14.3. The van der Waals surface area contributed by atoms with Gasteiger partial charge in [-0.1, -0.05) is 18.2 Å². The largest absolute Gasteiger partial charge is 0.481 e. The molecule has 2 aliphatic rings. The number of carboxylic acid groups (broad SMARTS) is 1. The number of aliphatic carboxylic acids is 1. The lowest BCUT2D eigenvalue weighted by molar-refractivity contribution is -0.147. The zero-order valence-electron chi connectivity index (χ0n) is 13.9. The molecule has 134 valence electrons. The van der Waals surface area contributed by atoms with E-state index in [1.807, 2.05) is 12.2 Å². The summed E-state index contributed by atoms with van der Waals surface area (Å²) >= 11 is 0. The van der Waals surface area contributed by atoms with E-state index in [4.69, 9.17) is 0 Å². The highest BCUT2D eigenvalue weighted by atomic mass is 19.1.